The van der Waals surface area contributed by atoms with Gasteiger partial charge in [0.1, 0.15) is 11.6 Å². The number of rotatable bonds is 7. The second-order valence-electron chi connectivity index (χ2n) is 8.77. The third kappa shape index (κ3) is 6.21. The maximum atomic E-state index is 12.5. The Morgan fingerprint density at radius 3 is 2.23 bits per heavy atom. The molecule has 0 aliphatic carbocycles. The van der Waals surface area contributed by atoms with Crippen LogP contribution in [0.4, 0.5) is 17.2 Å². The topological polar surface area (TPSA) is 86.8 Å². The third-order valence-corrected chi connectivity index (χ3v) is 6.42. The van der Waals surface area contributed by atoms with E-state index in [0.717, 1.165) is 48.5 Å². The molecule has 0 unspecified atom stereocenters. The summed E-state index contributed by atoms with van der Waals surface area (Å²) >= 11 is 6.09. The van der Waals surface area contributed by atoms with Gasteiger partial charge in [-0.1, -0.05) is 11.6 Å². The number of carbonyl (C=O) groups excluding carboxylic acids is 2. The van der Waals surface area contributed by atoms with Gasteiger partial charge in [-0.05, 0) is 62.0 Å². The number of hydrogen-bond donors (Lipinski definition) is 2. The molecule has 1 aliphatic rings. The normalized spacial score (nSPS) is 14.1. The van der Waals surface area contributed by atoms with Crippen LogP contribution in [-0.4, -0.2) is 62.0 Å². The SMILES string of the molecule is COc1ccc(NC(=O)CCC(=O)Nc2ccc3nc(N4CCN(C)CC4)cc(C)c3c2)cc1Cl. The number of fused-ring (bicyclic) bond motifs is 1. The number of piperazine rings is 1. The van der Waals surface area contributed by atoms with Gasteiger partial charge in [0.25, 0.3) is 0 Å². The van der Waals surface area contributed by atoms with E-state index in [9.17, 15) is 9.59 Å². The van der Waals surface area contributed by atoms with Gasteiger partial charge in [0.05, 0.1) is 17.6 Å². The van der Waals surface area contributed by atoms with Crippen molar-refractivity contribution in [3.63, 3.8) is 0 Å². The number of likely N-dealkylation sites (N-methyl/N-ethyl adjacent to an activating group) is 1. The summed E-state index contributed by atoms with van der Waals surface area (Å²) in [5, 5.41) is 7.03. The fourth-order valence-electron chi connectivity index (χ4n) is 4.07. The minimum atomic E-state index is -0.267. The van der Waals surface area contributed by atoms with E-state index in [4.69, 9.17) is 21.3 Å². The molecule has 2 aromatic carbocycles. The first-order valence-electron chi connectivity index (χ1n) is 11.6. The van der Waals surface area contributed by atoms with Crippen molar-refractivity contribution < 1.29 is 14.3 Å². The summed E-state index contributed by atoms with van der Waals surface area (Å²) in [7, 11) is 3.66. The molecule has 0 bridgehead atoms. The molecule has 8 nitrogen and oxygen atoms in total. The van der Waals surface area contributed by atoms with Crippen LogP contribution in [0, 0.1) is 6.92 Å². The Morgan fingerprint density at radius 1 is 0.971 bits per heavy atom. The number of methoxy groups -OCH3 is 1. The molecular formula is C26H30ClN5O3. The number of ether oxygens (including phenoxy) is 1. The van der Waals surface area contributed by atoms with Crippen LogP contribution in [-0.2, 0) is 9.59 Å². The standard InChI is InChI=1S/C26H30ClN5O3/c1-17-14-24(32-12-10-31(2)11-13-32)30-22-6-4-18(15-20(17)22)28-25(33)8-9-26(34)29-19-5-7-23(35-3)21(27)16-19/h4-7,14-16H,8-13H2,1-3H3,(H,28,33)(H,29,34). The van der Waals surface area contributed by atoms with E-state index in [-0.39, 0.29) is 24.7 Å². The van der Waals surface area contributed by atoms with Crippen LogP contribution in [0.2, 0.25) is 5.02 Å². The van der Waals surface area contributed by atoms with Crippen LogP contribution in [0.3, 0.4) is 0 Å². The molecule has 2 N–H and O–H groups in total. The minimum absolute atomic E-state index is 0.0536. The zero-order chi connectivity index (χ0) is 24.9. The smallest absolute Gasteiger partial charge is 0.224 e. The van der Waals surface area contributed by atoms with Gasteiger partial charge in [-0.3, -0.25) is 9.59 Å². The van der Waals surface area contributed by atoms with Gasteiger partial charge in [0.2, 0.25) is 11.8 Å². The molecule has 35 heavy (non-hydrogen) atoms. The van der Waals surface area contributed by atoms with E-state index in [1.54, 1.807) is 18.2 Å². The quantitative estimate of drug-likeness (QED) is 0.508. The summed E-state index contributed by atoms with van der Waals surface area (Å²) < 4.78 is 5.11. The second kappa shape index (κ2) is 10.9. The summed E-state index contributed by atoms with van der Waals surface area (Å²) in [4.78, 5) is 34.2. The van der Waals surface area contributed by atoms with Crippen molar-refractivity contribution in [3.05, 3.63) is 53.1 Å². The number of amides is 2. The van der Waals surface area contributed by atoms with Crippen LogP contribution in [0.1, 0.15) is 18.4 Å². The van der Waals surface area contributed by atoms with E-state index in [2.05, 4.69) is 40.5 Å². The first kappa shape index (κ1) is 24.8. The van der Waals surface area contributed by atoms with Crippen molar-refractivity contribution in [1.82, 2.24) is 9.88 Å². The van der Waals surface area contributed by atoms with E-state index >= 15 is 0 Å². The molecular weight excluding hydrogens is 466 g/mol. The first-order chi connectivity index (χ1) is 16.8. The zero-order valence-electron chi connectivity index (χ0n) is 20.2. The van der Waals surface area contributed by atoms with Crippen molar-refractivity contribution >= 4 is 51.5 Å². The van der Waals surface area contributed by atoms with Gasteiger partial charge in [-0.2, -0.15) is 0 Å². The van der Waals surface area contributed by atoms with E-state index in [0.29, 0.717) is 22.1 Å². The monoisotopic (exact) mass is 495 g/mol. The predicted molar refractivity (Wildman–Crippen MR) is 141 cm³/mol. The number of aromatic nitrogens is 1. The summed E-state index contributed by atoms with van der Waals surface area (Å²) in [6.07, 6.45) is 0.116. The molecule has 184 valence electrons. The molecule has 1 aromatic heterocycles. The predicted octanol–water partition coefficient (Wildman–Crippen LogP) is 4.31. The minimum Gasteiger partial charge on any atom is -0.495 e. The van der Waals surface area contributed by atoms with Crippen molar-refractivity contribution in [1.29, 1.82) is 0 Å². The summed E-state index contributed by atoms with van der Waals surface area (Å²) in [5.41, 5.74) is 3.24. The number of pyridine rings is 1. The number of hydrogen-bond acceptors (Lipinski definition) is 6. The Labute approximate surface area is 210 Å². The van der Waals surface area contributed by atoms with E-state index < -0.39 is 0 Å². The molecule has 0 radical (unpaired) electrons. The molecule has 1 saturated heterocycles. The van der Waals surface area contributed by atoms with Gasteiger partial charge in [-0.15, -0.1) is 0 Å². The first-order valence-corrected chi connectivity index (χ1v) is 12.0. The highest BCUT2D eigenvalue weighted by Crippen LogP contribution is 2.28. The van der Waals surface area contributed by atoms with Crippen molar-refractivity contribution in [2.75, 3.05) is 55.9 Å². The Kier molecular flexibility index (Phi) is 7.73. The van der Waals surface area contributed by atoms with Gasteiger partial charge in [0, 0.05) is 55.8 Å². The van der Waals surface area contributed by atoms with E-state index in [1.807, 2.05) is 18.2 Å². The van der Waals surface area contributed by atoms with Gasteiger partial charge < -0.3 is 25.2 Å². The maximum Gasteiger partial charge on any atom is 0.224 e. The molecule has 4 rings (SSSR count). The largest absolute Gasteiger partial charge is 0.495 e. The Bertz CT molecular complexity index is 1240. The molecule has 1 fully saturated rings. The highest BCUT2D eigenvalue weighted by molar-refractivity contribution is 6.32. The number of aryl methyl sites for hydroxylation is 1. The average molecular weight is 496 g/mol. The molecule has 0 saturated carbocycles. The lowest BCUT2D eigenvalue weighted by atomic mass is 10.1. The van der Waals surface area contributed by atoms with Crippen LogP contribution in [0.25, 0.3) is 10.9 Å². The van der Waals surface area contributed by atoms with Crippen LogP contribution < -0.4 is 20.3 Å². The lowest BCUT2D eigenvalue weighted by molar-refractivity contribution is -0.121. The summed E-state index contributed by atoms with van der Waals surface area (Å²) in [6, 6.07) is 12.8. The number of nitrogens with zero attached hydrogens (tertiary/aromatic N) is 3. The molecule has 0 spiro atoms. The van der Waals surface area contributed by atoms with Crippen LogP contribution in [0.15, 0.2) is 42.5 Å². The lowest BCUT2D eigenvalue weighted by Gasteiger charge is -2.33. The summed E-state index contributed by atoms with van der Waals surface area (Å²) in [5.74, 6) is 1.02. The van der Waals surface area contributed by atoms with Gasteiger partial charge >= 0.3 is 0 Å². The van der Waals surface area contributed by atoms with Crippen molar-refractivity contribution in [2.24, 2.45) is 0 Å². The van der Waals surface area contributed by atoms with E-state index in [1.165, 1.54) is 7.11 Å². The lowest BCUT2D eigenvalue weighted by Crippen LogP contribution is -2.44. The maximum absolute atomic E-state index is 12.5. The van der Waals surface area contributed by atoms with Crippen molar-refractivity contribution in [2.45, 2.75) is 19.8 Å². The van der Waals surface area contributed by atoms with Crippen LogP contribution >= 0.6 is 11.6 Å². The van der Waals surface area contributed by atoms with Crippen LogP contribution in [0.5, 0.6) is 5.75 Å². The van der Waals surface area contributed by atoms with Crippen molar-refractivity contribution in [3.8, 4) is 5.75 Å². The number of benzene rings is 2. The molecule has 1 aliphatic heterocycles. The highest BCUT2D eigenvalue weighted by Gasteiger charge is 2.17. The molecule has 0 atom stereocenters. The van der Waals surface area contributed by atoms with Gasteiger partial charge in [-0.25, -0.2) is 4.98 Å². The second-order valence-corrected chi connectivity index (χ2v) is 9.17. The number of carbonyl (C=O) groups is 2. The fourth-order valence-corrected chi connectivity index (χ4v) is 4.33. The fraction of sp³-hybridized carbons (Fsp3) is 0.346. The number of anilines is 3. The molecule has 9 heteroatoms. The highest BCUT2D eigenvalue weighted by atomic mass is 35.5. The Hall–Kier alpha value is -3.36. The molecule has 3 aromatic rings. The summed E-state index contributed by atoms with van der Waals surface area (Å²) in [6.45, 7) is 6.03. The zero-order valence-corrected chi connectivity index (χ0v) is 21.0. The van der Waals surface area contributed by atoms with Gasteiger partial charge in [0.15, 0.2) is 0 Å². The molecule has 2 amide bonds. The average Bonchev–Trinajstić information content (AvgIpc) is 2.83. The molecule has 2 heterocycles. The Morgan fingerprint density at radius 2 is 1.60 bits per heavy atom. The number of nitrogens with one attached hydrogen (secondary N) is 2. The number of halogens is 1. The Balaban J connectivity index is 1.34. The third-order valence-electron chi connectivity index (χ3n) is 6.13.